The second-order valence-corrected chi connectivity index (χ2v) is 5.97. The van der Waals surface area contributed by atoms with Crippen molar-refractivity contribution in [3.8, 4) is 0 Å². The van der Waals surface area contributed by atoms with Gasteiger partial charge in [0.15, 0.2) is 0 Å². The normalized spacial score (nSPS) is 10.2. The number of carbonyl (C=O) groups is 2. The van der Waals surface area contributed by atoms with Crippen LogP contribution < -0.4 is 10.6 Å². The molecule has 0 unspecified atom stereocenters. The molecule has 0 aliphatic heterocycles. The molecule has 21 heavy (non-hydrogen) atoms. The van der Waals surface area contributed by atoms with E-state index in [0.717, 1.165) is 10.4 Å². The van der Waals surface area contributed by atoms with Gasteiger partial charge in [0.1, 0.15) is 5.00 Å². The molecule has 0 saturated carbocycles. The fourth-order valence-corrected chi connectivity index (χ4v) is 3.01. The number of carbonyl (C=O) groups excluding carboxylic acids is 1. The summed E-state index contributed by atoms with van der Waals surface area (Å²) >= 11 is 1.26. The van der Waals surface area contributed by atoms with E-state index in [1.807, 2.05) is 32.0 Å². The highest BCUT2D eigenvalue weighted by Crippen LogP contribution is 2.32. The summed E-state index contributed by atoms with van der Waals surface area (Å²) in [5.41, 5.74) is 2.52. The number of carboxylic acid groups (broad SMARTS) is 1. The van der Waals surface area contributed by atoms with E-state index < -0.39 is 12.0 Å². The molecule has 2 aromatic rings. The fraction of sp³-hybridized carbons (Fsp3) is 0.200. The number of urea groups is 1. The first-order chi connectivity index (χ1) is 9.88. The van der Waals surface area contributed by atoms with Crippen molar-refractivity contribution in [2.45, 2.75) is 20.8 Å². The van der Waals surface area contributed by atoms with Crippen LogP contribution in [0.15, 0.2) is 24.3 Å². The molecular weight excluding hydrogens is 288 g/mol. The van der Waals surface area contributed by atoms with Crippen molar-refractivity contribution in [1.29, 1.82) is 0 Å². The smallest absolute Gasteiger partial charge is 0.338 e. The lowest BCUT2D eigenvalue weighted by Crippen LogP contribution is -2.20. The standard InChI is InChI=1S/C15H16N2O3S/c1-8-5-4-6-11(7-8)16-15(20)17-13-12(14(18)19)9(2)10(3)21-13/h4-7H,1-3H3,(H,18,19)(H2,16,17,20). The topological polar surface area (TPSA) is 78.4 Å². The molecule has 0 spiro atoms. The average molecular weight is 304 g/mol. The molecule has 0 aliphatic rings. The summed E-state index contributed by atoms with van der Waals surface area (Å²) in [7, 11) is 0. The van der Waals surface area contributed by atoms with Crippen LogP contribution in [0.25, 0.3) is 0 Å². The third kappa shape index (κ3) is 3.41. The zero-order chi connectivity index (χ0) is 15.6. The van der Waals surface area contributed by atoms with Gasteiger partial charge >= 0.3 is 12.0 Å². The third-order valence-corrected chi connectivity index (χ3v) is 4.22. The molecule has 6 heteroatoms. The van der Waals surface area contributed by atoms with Crippen molar-refractivity contribution < 1.29 is 14.7 Å². The Morgan fingerprint density at radius 2 is 1.86 bits per heavy atom. The van der Waals surface area contributed by atoms with E-state index in [0.29, 0.717) is 16.3 Å². The molecule has 0 radical (unpaired) electrons. The Balaban J connectivity index is 2.17. The van der Waals surface area contributed by atoms with Gasteiger partial charge in [0.25, 0.3) is 0 Å². The van der Waals surface area contributed by atoms with Crippen molar-refractivity contribution in [2.24, 2.45) is 0 Å². The number of aromatic carboxylic acids is 1. The SMILES string of the molecule is Cc1cccc(NC(=O)Nc2sc(C)c(C)c2C(=O)O)c1. The lowest BCUT2D eigenvalue weighted by Gasteiger charge is -2.07. The molecule has 2 rings (SSSR count). The summed E-state index contributed by atoms with van der Waals surface area (Å²) in [6.45, 7) is 5.49. The number of hydrogen-bond acceptors (Lipinski definition) is 3. The Hall–Kier alpha value is -2.34. The van der Waals surface area contributed by atoms with Crippen molar-refractivity contribution in [3.05, 3.63) is 45.8 Å². The Morgan fingerprint density at radius 1 is 1.14 bits per heavy atom. The van der Waals surface area contributed by atoms with E-state index in [4.69, 9.17) is 0 Å². The van der Waals surface area contributed by atoms with Crippen molar-refractivity contribution in [2.75, 3.05) is 10.6 Å². The van der Waals surface area contributed by atoms with Gasteiger partial charge in [-0.2, -0.15) is 0 Å². The van der Waals surface area contributed by atoms with E-state index in [2.05, 4.69) is 10.6 Å². The summed E-state index contributed by atoms with van der Waals surface area (Å²) in [6.07, 6.45) is 0. The van der Waals surface area contributed by atoms with Gasteiger partial charge in [-0.1, -0.05) is 12.1 Å². The lowest BCUT2D eigenvalue weighted by molar-refractivity contribution is 0.0697. The second-order valence-electron chi connectivity index (χ2n) is 4.74. The Labute approximate surface area is 126 Å². The van der Waals surface area contributed by atoms with Crippen LogP contribution in [0.3, 0.4) is 0 Å². The van der Waals surface area contributed by atoms with Gasteiger partial charge in [0, 0.05) is 10.6 Å². The molecule has 2 amide bonds. The van der Waals surface area contributed by atoms with Crippen molar-refractivity contribution >= 4 is 34.0 Å². The molecule has 1 aromatic heterocycles. The van der Waals surface area contributed by atoms with Crippen LogP contribution in [0, 0.1) is 20.8 Å². The van der Waals surface area contributed by atoms with E-state index in [-0.39, 0.29) is 5.56 Å². The van der Waals surface area contributed by atoms with Gasteiger partial charge < -0.3 is 10.4 Å². The average Bonchev–Trinajstić information content (AvgIpc) is 2.64. The highest BCUT2D eigenvalue weighted by Gasteiger charge is 2.20. The number of nitrogens with one attached hydrogen (secondary N) is 2. The maximum Gasteiger partial charge on any atom is 0.338 e. The van der Waals surface area contributed by atoms with E-state index in [1.165, 1.54) is 11.3 Å². The number of benzene rings is 1. The van der Waals surface area contributed by atoms with Gasteiger partial charge in [-0.3, -0.25) is 5.32 Å². The Morgan fingerprint density at radius 3 is 2.48 bits per heavy atom. The number of rotatable bonds is 3. The first kappa shape index (κ1) is 15.1. The van der Waals surface area contributed by atoms with Crippen LogP contribution in [0.5, 0.6) is 0 Å². The van der Waals surface area contributed by atoms with Crippen LogP contribution in [0.4, 0.5) is 15.5 Å². The second kappa shape index (κ2) is 5.97. The number of hydrogen-bond donors (Lipinski definition) is 3. The molecule has 3 N–H and O–H groups in total. The number of aryl methyl sites for hydroxylation is 2. The lowest BCUT2D eigenvalue weighted by atomic mass is 10.1. The molecule has 0 aliphatic carbocycles. The molecule has 0 fully saturated rings. The molecule has 0 saturated heterocycles. The zero-order valence-electron chi connectivity index (χ0n) is 12.0. The van der Waals surface area contributed by atoms with Gasteiger partial charge in [0.2, 0.25) is 0 Å². The van der Waals surface area contributed by atoms with Gasteiger partial charge in [0.05, 0.1) is 5.56 Å². The monoisotopic (exact) mass is 304 g/mol. The van der Waals surface area contributed by atoms with E-state index in [1.54, 1.807) is 13.0 Å². The predicted molar refractivity (Wildman–Crippen MR) is 84.6 cm³/mol. The summed E-state index contributed by atoms with van der Waals surface area (Å²) in [6, 6.07) is 6.92. The largest absolute Gasteiger partial charge is 0.478 e. The van der Waals surface area contributed by atoms with Crippen LogP contribution in [0.2, 0.25) is 0 Å². The minimum Gasteiger partial charge on any atom is -0.478 e. The molecule has 5 nitrogen and oxygen atoms in total. The van der Waals surface area contributed by atoms with Gasteiger partial charge in [-0.05, 0) is 44.0 Å². The van der Waals surface area contributed by atoms with Crippen LogP contribution >= 0.6 is 11.3 Å². The third-order valence-electron chi connectivity index (χ3n) is 3.10. The van der Waals surface area contributed by atoms with Crippen LogP contribution in [-0.2, 0) is 0 Å². The van der Waals surface area contributed by atoms with Crippen LogP contribution in [0.1, 0.15) is 26.4 Å². The first-order valence-electron chi connectivity index (χ1n) is 6.36. The summed E-state index contributed by atoms with van der Waals surface area (Å²) in [5, 5.41) is 14.9. The van der Waals surface area contributed by atoms with Gasteiger partial charge in [-0.15, -0.1) is 11.3 Å². The Kier molecular flexibility index (Phi) is 4.28. The number of thiophene rings is 1. The minimum absolute atomic E-state index is 0.150. The highest BCUT2D eigenvalue weighted by atomic mass is 32.1. The summed E-state index contributed by atoms with van der Waals surface area (Å²) in [4.78, 5) is 24.1. The number of anilines is 2. The zero-order valence-corrected chi connectivity index (χ0v) is 12.8. The highest BCUT2D eigenvalue weighted by molar-refractivity contribution is 7.16. The van der Waals surface area contributed by atoms with E-state index >= 15 is 0 Å². The maximum absolute atomic E-state index is 12.0. The minimum atomic E-state index is -1.04. The quantitative estimate of drug-likeness (QED) is 0.801. The first-order valence-corrected chi connectivity index (χ1v) is 7.18. The van der Waals surface area contributed by atoms with E-state index in [9.17, 15) is 14.7 Å². The maximum atomic E-state index is 12.0. The van der Waals surface area contributed by atoms with Gasteiger partial charge in [-0.25, -0.2) is 9.59 Å². The number of carboxylic acids is 1. The van der Waals surface area contributed by atoms with Crippen LogP contribution in [-0.4, -0.2) is 17.1 Å². The molecule has 0 bridgehead atoms. The molecule has 1 aromatic carbocycles. The molecule has 0 atom stereocenters. The van der Waals surface area contributed by atoms with Crippen molar-refractivity contribution in [3.63, 3.8) is 0 Å². The number of amides is 2. The molecule has 1 heterocycles. The molecule has 110 valence electrons. The molecular formula is C15H16N2O3S. The summed E-state index contributed by atoms with van der Waals surface area (Å²) in [5.74, 6) is -1.04. The fourth-order valence-electron chi connectivity index (χ4n) is 1.96. The summed E-state index contributed by atoms with van der Waals surface area (Å²) < 4.78 is 0. The Bertz CT molecular complexity index is 707. The predicted octanol–water partition coefficient (Wildman–Crippen LogP) is 4.02. The van der Waals surface area contributed by atoms with Crippen molar-refractivity contribution in [1.82, 2.24) is 0 Å².